The lowest BCUT2D eigenvalue weighted by Gasteiger charge is -2.14. The molecule has 0 saturated heterocycles. The van der Waals surface area contributed by atoms with Crippen LogP contribution in [-0.4, -0.2) is 4.98 Å². The first-order valence-corrected chi connectivity index (χ1v) is 6.29. The van der Waals surface area contributed by atoms with Crippen LogP contribution >= 0.6 is 34.8 Å². The smallest absolute Gasteiger partial charge is 0.357 e. The van der Waals surface area contributed by atoms with Gasteiger partial charge in [-0.3, -0.25) is 4.79 Å². The van der Waals surface area contributed by atoms with Crippen LogP contribution in [-0.2, 0) is 6.18 Å². The maximum atomic E-state index is 13.0. The van der Waals surface area contributed by atoms with E-state index in [1.54, 1.807) is 0 Å². The van der Waals surface area contributed by atoms with Gasteiger partial charge in [-0.15, -0.1) is 0 Å². The van der Waals surface area contributed by atoms with Crippen LogP contribution in [0.4, 0.5) is 13.2 Å². The van der Waals surface area contributed by atoms with E-state index in [2.05, 4.69) is 0 Å². The van der Waals surface area contributed by atoms with Gasteiger partial charge in [-0.1, -0.05) is 34.8 Å². The predicted molar refractivity (Wildman–Crippen MR) is 72.5 cm³/mol. The van der Waals surface area contributed by atoms with Crippen molar-refractivity contribution in [3.8, 4) is 11.1 Å². The van der Waals surface area contributed by atoms with Gasteiger partial charge in [0.15, 0.2) is 5.43 Å². The van der Waals surface area contributed by atoms with E-state index in [-0.39, 0.29) is 20.6 Å². The average Bonchev–Trinajstić information content (AvgIpc) is 2.28. The highest BCUT2D eigenvalue weighted by Gasteiger charge is 2.36. The van der Waals surface area contributed by atoms with E-state index >= 15 is 0 Å². The van der Waals surface area contributed by atoms with Gasteiger partial charge >= 0.3 is 6.18 Å². The first-order valence-electron chi connectivity index (χ1n) is 5.15. The van der Waals surface area contributed by atoms with Gasteiger partial charge in [0.1, 0.15) is 5.69 Å². The summed E-state index contributed by atoms with van der Waals surface area (Å²) in [5.74, 6) is 0. The lowest BCUT2D eigenvalue weighted by molar-refractivity contribution is -0.140. The Hall–Kier alpha value is -1.17. The van der Waals surface area contributed by atoms with Gasteiger partial charge in [-0.25, -0.2) is 0 Å². The summed E-state index contributed by atoms with van der Waals surface area (Å²) in [6.07, 6.45) is -3.84. The second kappa shape index (κ2) is 5.31. The Morgan fingerprint density at radius 1 is 1.00 bits per heavy atom. The van der Waals surface area contributed by atoms with E-state index in [9.17, 15) is 18.0 Å². The fourth-order valence-corrected chi connectivity index (χ4v) is 2.74. The number of alkyl halides is 3. The third kappa shape index (κ3) is 2.80. The quantitative estimate of drug-likeness (QED) is 0.775. The lowest BCUT2D eigenvalue weighted by Crippen LogP contribution is -2.17. The molecule has 2 nitrogen and oxygen atoms in total. The summed E-state index contributed by atoms with van der Waals surface area (Å²) in [6, 6.07) is 3.40. The molecule has 0 atom stereocenters. The predicted octanol–water partition coefficient (Wildman–Crippen LogP) is 5.02. The Bertz CT molecular complexity index is 702. The molecule has 0 fully saturated rings. The number of nitrogens with one attached hydrogen (secondary N) is 1. The Morgan fingerprint density at radius 3 is 2.05 bits per heavy atom. The molecule has 0 radical (unpaired) electrons. The van der Waals surface area contributed by atoms with Gasteiger partial charge in [-0.2, -0.15) is 13.2 Å². The summed E-state index contributed by atoms with van der Waals surface area (Å²) >= 11 is 17.5. The molecular weight excluding hydrogens is 337 g/mol. The third-order valence-corrected chi connectivity index (χ3v) is 3.31. The van der Waals surface area contributed by atoms with Gasteiger partial charge in [-0.05, 0) is 12.1 Å². The molecule has 0 amide bonds. The van der Waals surface area contributed by atoms with Crippen LogP contribution in [0, 0.1) is 0 Å². The van der Waals surface area contributed by atoms with E-state index in [4.69, 9.17) is 34.8 Å². The summed E-state index contributed by atoms with van der Waals surface area (Å²) in [6.45, 7) is 0. The summed E-state index contributed by atoms with van der Waals surface area (Å²) in [4.78, 5) is 13.8. The van der Waals surface area contributed by atoms with Crippen molar-refractivity contribution in [2.24, 2.45) is 0 Å². The molecule has 0 unspecified atom stereocenters. The Morgan fingerprint density at radius 2 is 1.55 bits per heavy atom. The number of H-pyrrole nitrogens is 1. The molecule has 106 valence electrons. The number of hydrogen-bond acceptors (Lipinski definition) is 1. The van der Waals surface area contributed by atoms with E-state index in [0.717, 1.165) is 12.3 Å². The number of hydrogen-bond donors (Lipinski definition) is 1. The van der Waals surface area contributed by atoms with Gasteiger partial charge < -0.3 is 4.98 Å². The molecule has 0 spiro atoms. The Labute approximate surface area is 126 Å². The van der Waals surface area contributed by atoms with Crippen molar-refractivity contribution in [1.82, 2.24) is 4.98 Å². The van der Waals surface area contributed by atoms with E-state index in [1.807, 2.05) is 4.98 Å². The SMILES string of the molecule is O=c1cc[nH]c(C(F)(F)F)c1-c1c(Cl)cc(Cl)cc1Cl. The summed E-state index contributed by atoms with van der Waals surface area (Å²) in [7, 11) is 0. The molecule has 1 N–H and O–H groups in total. The van der Waals surface area contributed by atoms with Gasteiger partial charge in [0, 0.05) is 22.8 Å². The van der Waals surface area contributed by atoms with Gasteiger partial charge in [0.05, 0.1) is 15.6 Å². The third-order valence-electron chi connectivity index (χ3n) is 2.50. The molecule has 2 rings (SSSR count). The fourth-order valence-electron chi connectivity index (χ4n) is 1.73. The van der Waals surface area contributed by atoms with Crippen molar-refractivity contribution in [3.63, 3.8) is 0 Å². The summed E-state index contributed by atoms with van der Waals surface area (Å²) in [5.41, 5.74) is -2.89. The largest absolute Gasteiger partial charge is 0.431 e. The van der Waals surface area contributed by atoms with Gasteiger partial charge in [0.25, 0.3) is 0 Å². The molecule has 2 aromatic rings. The van der Waals surface area contributed by atoms with Crippen LogP contribution in [0.3, 0.4) is 0 Å². The molecule has 0 saturated carbocycles. The number of aromatic amines is 1. The van der Waals surface area contributed by atoms with E-state index < -0.39 is 22.9 Å². The number of pyridine rings is 1. The van der Waals surface area contributed by atoms with Crippen molar-refractivity contribution < 1.29 is 13.2 Å². The normalized spacial score (nSPS) is 11.7. The summed E-state index contributed by atoms with van der Waals surface area (Å²) in [5, 5.41) is -0.112. The van der Waals surface area contributed by atoms with Crippen LogP contribution in [0.5, 0.6) is 0 Å². The highest BCUT2D eigenvalue weighted by Crippen LogP contribution is 2.40. The number of rotatable bonds is 1. The number of benzene rings is 1. The van der Waals surface area contributed by atoms with Crippen LogP contribution in [0.25, 0.3) is 11.1 Å². The molecule has 0 aliphatic rings. The van der Waals surface area contributed by atoms with Crippen molar-refractivity contribution >= 4 is 34.8 Å². The molecule has 1 aromatic carbocycles. The van der Waals surface area contributed by atoms with Gasteiger partial charge in [0.2, 0.25) is 0 Å². The molecule has 0 bridgehead atoms. The van der Waals surface area contributed by atoms with E-state index in [0.29, 0.717) is 0 Å². The Balaban J connectivity index is 2.87. The molecule has 8 heteroatoms. The maximum Gasteiger partial charge on any atom is 0.431 e. The van der Waals surface area contributed by atoms with Crippen molar-refractivity contribution in [1.29, 1.82) is 0 Å². The minimum atomic E-state index is -4.75. The minimum absolute atomic E-state index is 0.135. The summed E-state index contributed by atoms with van der Waals surface area (Å²) < 4.78 is 38.9. The highest BCUT2D eigenvalue weighted by atomic mass is 35.5. The maximum absolute atomic E-state index is 13.0. The topological polar surface area (TPSA) is 32.9 Å². The van der Waals surface area contributed by atoms with Crippen molar-refractivity contribution in [2.45, 2.75) is 6.18 Å². The minimum Gasteiger partial charge on any atom is -0.357 e. The Kier molecular flexibility index (Phi) is 4.04. The fraction of sp³-hybridized carbons (Fsp3) is 0.0833. The molecular formula is C12H5Cl3F3NO. The monoisotopic (exact) mass is 341 g/mol. The molecule has 1 heterocycles. The standard InChI is InChI=1S/C12H5Cl3F3NO/c13-5-3-6(14)9(7(15)4-5)10-8(20)1-2-19-11(10)12(16,17)18/h1-4H,(H,19,20). The molecule has 1 aromatic heterocycles. The van der Waals surface area contributed by atoms with Crippen LogP contribution in [0.2, 0.25) is 15.1 Å². The zero-order chi connectivity index (χ0) is 15.1. The first kappa shape index (κ1) is 15.2. The van der Waals surface area contributed by atoms with E-state index in [1.165, 1.54) is 12.1 Å². The van der Waals surface area contributed by atoms with Crippen molar-refractivity contribution in [3.05, 3.63) is 55.4 Å². The van der Waals surface area contributed by atoms with Crippen LogP contribution < -0.4 is 5.43 Å². The zero-order valence-corrected chi connectivity index (χ0v) is 11.8. The zero-order valence-electron chi connectivity index (χ0n) is 9.49. The lowest BCUT2D eigenvalue weighted by atomic mass is 10.0. The van der Waals surface area contributed by atoms with Crippen LogP contribution in [0.1, 0.15) is 5.69 Å². The number of aromatic nitrogens is 1. The number of halogens is 6. The average molecular weight is 343 g/mol. The van der Waals surface area contributed by atoms with Crippen molar-refractivity contribution in [2.75, 3.05) is 0 Å². The molecule has 20 heavy (non-hydrogen) atoms. The molecule has 0 aliphatic heterocycles. The van der Waals surface area contributed by atoms with Crippen LogP contribution in [0.15, 0.2) is 29.2 Å². The second-order valence-corrected chi connectivity index (χ2v) is 5.08. The highest BCUT2D eigenvalue weighted by molar-refractivity contribution is 6.41. The molecule has 0 aliphatic carbocycles. The first-order chi connectivity index (χ1) is 9.21. The second-order valence-electron chi connectivity index (χ2n) is 3.83.